The van der Waals surface area contributed by atoms with Gasteiger partial charge in [0.2, 0.25) is 0 Å². The van der Waals surface area contributed by atoms with E-state index in [1.54, 1.807) is 7.11 Å². The molecule has 0 atom stereocenters. The van der Waals surface area contributed by atoms with Gasteiger partial charge < -0.3 is 9.64 Å². The second-order valence-electron chi connectivity index (χ2n) is 6.28. The molecule has 2 aromatic rings. The van der Waals surface area contributed by atoms with Crippen molar-refractivity contribution in [3.63, 3.8) is 0 Å². The fourth-order valence-electron chi connectivity index (χ4n) is 3.02. The van der Waals surface area contributed by atoms with E-state index in [0.29, 0.717) is 6.61 Å². The van der Waals surface area contributed by atoms with Crippen LogP contribution in [0.1, 0.15) is 0 Å². The molecule has 132 valence electrons. The first-order valence-corrected chi connectivity index (χ1v) is 9.56. The molecule has 1 fully saturated rings. The van der Waals surface area contributed by atoms with E-state index in [2.05, 4.69) is 72.9 Å². The van der Waals surface area contributed by atoms with Gasteiger partial charge in [-0.05, 0) is 0 Å². The molecule has 1 aliphatic rings. The van der Waals surface area contributed by atoms with Crippen molar-refractivity contribution >= 4 is 38.4 Å². The molecular formula is C19H25AsN4O. The summed E-state index contributed by atoms with van der Waals surface area (Å²) in [6.07, 6.45) is 1.98. The molecule has 0 unspecified atom stereocenters. The zero-order chi connectivity index (χ0) is 17.6. The number of hydrogen-bond acceptors (Lipinski definition) is 5. The van der Waals surface area contributed by atoms with Crippen LogP contribution in [0, 0.1) is 0 Å². The Morgan fingerprint density at radius 1 is 1.00 bits per heavy atom. The number of piperazine rings is 1. The number of likely N-dealkylation sites (N-methyl/N-ethyl adjacent to an activating group) is 1. The van der Waals surface area contributed by atoms with E-state index < -0.39 is 0 Å². The molecule has 5 nitrogen and oxygen atoms in total. The molecule has 1 aliphatic heterocycles. The molecule has 0 saturated carbocycles. The maximum absolute atomic E-state index is 5.12. The number of nitrogens with zero attached hydrogens (tertiary/aromatic N) is 4. The van der Waals surface area contributed by atoms with Crippen molar-refractivity contribution < 1.29 is 4.74 Å². The topological polar surface area (TPSA) is 31.8 Å². The number of aromatic nitrogens is 1. The second kappa shape index (κ2) is 8.59. The van der Waals surface area contributed by atoms with E-state index in [0.717, 1.165) is 38.5 Å². The van der Waals surface area contributed by atoms with Crippen LogP contribution >= 0.6 is 0 Å². The Bertz CT molecular complexity index is 654. The van der Waals surface area contributed by atoms with Crippen molar-refractivity contribution in [1.82, 2.24) is 4.98 Å². The first-order valence-electron chi connectivity index (χ1n) is 8.62. The fraction of sp³-hybridized carbons (Fsp3) is 0.421. The summed E-state index contributed by atoms with van der Waals surface area (Å²) in [7, 11) is 3.76. The van der Waals surface area contributed by atoms with Gasteiger partial charge in [0.1, 0.15) is 0 Å². The molecule has 0 amide bonds. The number of pyridine rings is 1. The Morgan fingerprint density at radius 3 is 2.16 bits per heavy atom. The predicted molar refractivity (Wildman–Crippen MR) is 106 cm³/mol. The van der Waals surface area contributed by atoms with Crippen molar-refractivity contribution in [2.75, 3.05) is 68.2 Å². The van der Waals surface area contributed by atoms with Crippen LogP contribution < -0.4 is 19.1 Å². The Balaban J connectivity index is 1.56. The van der Waals surface area contributed by atoms with E-state index in [1.807, 2.05) is 13.2 Å². The number of hydrogen-bond donors (Lipinski definition) is 0. The molecule has 0 aliphatic carbocycles. The van der Waals surface area contributed by atoms with Crippen molar-refractivity contribution in [3.8, 4) is 0 Å². The van der Waals surface area contributed by atoms with Crippen LogP contribution in [0.5, 0.6) is 0 Å². The Hall–Kier alpha value is -1.71. The van der Waals surface area contributed by atoms with Crippen LogP contribution in [-0.4, -0.2) is 75.3 Å². The molecule has 1 saturated heterocycles. The Labute approximate surface area is 159 Å². The van der Waals surface area contributed by atoms with Gasteiger partial charge in [-0.3, -0.25) is 0 Å². The normalized spacial score (nSPS) is 14.7. The van der Waals surface area contributed by atoms with E-state index in [4.69, 9.17) is 4.74 Å². The molecule has 0 N–H and O–H groups in total. The van der Waals surface area contributed by atoms with Crippen LogP contribution in [-0.2, 0) is 4.74 Å². The third-order valence-corrected chi connectivity index (χ3v) is 5.24. The quantitative estimate of drug-likeness (QED) is 0.683. The monoisotopic (exact) mass is 400 g/mol. The molecule has 0 bridgehead atoms. The van der Waals surface area contributed by atoms with Crippen LogP contribution in [0.15, 0.2) is 42.6 Å². The number of benzene rings is 1. The molecule has 1 aromatic carbocycles. The van der Waals surface area contributed by atoms with Gasteiger partial charge in [-0.2, -0.15) is 0 Å². The van der Waals surface area contributed by atoms with Crippen LogP contribution in [0.4, 0.5) is 17.2 Å². The van der Waals surface area contributed by atoms with E-state index >= 15 is 0 Å². The molecule has 25 heavy (non-hydrogen) atoms. The summed E-state index contributed by atoms with van der Waals surface area (Å²) < 4.78 is 6.37. The Morgan fingerprint density at radius 2 is 1.60 bits per heavy atom. The summed E-state index contributed by atoms with van der Waals surface area (Å²) >= 11 is 2.59. The molecule has 0 spiro atoms. The summed E-state index contributed by atoms with van der Waals surface area (Å²) in [6.45, 7) is 5.66. The number of rotatable bonds is 6. The second-order valence-corrected chi connectivity index (χ2v) is 7.36. The summed E-state index contributed by atoms with van der Waals surface area (Å²) in [4.78, 5) is 11.6. The minimum absolute atomic E-state index is 0.708. The first-order chi connectivity index (χ1) is 12.2. The summed E-state index contributed by atoms with van der Waals surface area (Å²) in [5, 5.41) is 0. The molecule has 6 heteroatoms. The van der Waals surface area contributed by atoms with Crippen LogP contribution in [0.3, 0.4) is 0 Å². The summed E-state index contributed by atoms with van der Waals surface area (Å²) in [5.41, 5.74) is 2.51. The molecule has 1 aromatic heterocycles. The molecule has 2 radical (unpaired) electrons. The van der Waals surface area contributed by atoms with Gasteiger partial charge >= 0.3 is 122 Å². The molecule has 3 rings (SSSR count). The SMILES string of the molecule is COCCN(C)c1ccc(N2CCN(c3ccc([As])cc3)CC2)cn1. The number of ether oxygens (including phenoxy) is 1. The third kappa shape index (κ3) is 4.68. The average molecular weight is 400 g/mol. The van der Waals surface area contributed by atoms with Crippen molar-refractivity contribution in [1.29, 1.82) is 0 Å². The van der Waals surface area contributed by atoms with Crippen molar-refractivity contribution in [2.45, 2.75) is 0 Å². The van der Waals surface area contributed by atoms with Gasteiger partial charge in [0.05, 0.1) is 6.61 Å². The molecule has 2 heterocycles. The van der Waals surface area contributed by atoms with Crippen molar-refractivity contribution in [3.05, 3.63) is 42.6 Å². The maximum atomic E-state index is 5.12. The zero-order valence-electron chi connectivity index (χ0n) is 14.9. The van der Waals surface area contributed by atoms with Crippen molar-refractivity contribution in [2.24, 2.45) is 0 Å². The summed E-state index contributed by atoms with van der Waals surface area (Å²) in [5.74, 6) is 0.984. The average Bonchev–Trinajstić information content (AvgIpc) is 2.67. The van der Waals surface area contributed by atoms with E-state index in [1.165, 1.54) is 15.7 Å². The van der Waals surface area contributed by atoms with Crippen LogP contribution in [0.25, 0.3) is 0 Å². The minimum atomic E-state index is 0.708. The van der Waals surface area contributed by atoms with Gasteiger partial charge in [0.25, 0.3) is 0 Å². The third-order valence-electron chi connectivity index (χ3n) is 4.61. The van der Waals surface area contributed by atoms with Gasteiger partial charge in [-0.25, -0.2) is 0 Å². The fourth-order valence-corrected chi connectivity index (χ4v) is 3.33. The Kier molecular flexibility index (Phi) is 6.22. The van der Waals surface area contributed by atoms with Gasteiger partial charge in [0.15, 0.2) is 0 Å². The van der Waals surface area contributed by atoms with Gasteiger partial charge in [-0.15, -0.1) is 0 Å². The summed E-state index contributed by atoms with van der Waals surface area (Å²) in [6, 6.07) is 13.0. The van der Waals surface area contributed by atoms with Gasteiger partial charge in [0, 0.05) is 20.7 Å². The van der Waals surface area contributed by atoms with E-state index in [-0.39, 0.29) is 0 Å². The number of anilines is 3. The van der Waals surface area contributed by atoms with Gasteiger partial charge in [-0.1, -0.05) is 0 Å². The predicted octanol–water partition coefficient (Wildman–Crippen LogP) is 1.28. The standard InChI is InChI=1S/C19H25AsN4O/c1-22(13-14-25-2)19-8-7-18(15-21-19)24-11-9-23(10-12-24)17-5-3-16(20)4-6-17/h3-8,15H,9-14H2,1-2H3. The first kappa shape index (κ1) is 18.1. The van der Waals surface area contributed by atoms with E-state index in [9.17, 15) is 0 Å². The number of methoxy groups -OCH3 is 1. The zero-order valence-corrected chi connectivity index (χ0v) is 16.8. The molecular weight excluding hydrogens is 375 g/mol. The van der Waals surface area contributed by atoms with Crippen LogP contribution in [0.2, 0.25) is 0 Å².